The van der Waals surface area contributed by atoms with Crippen molar-refractivity contribution < 1.29 is 13.2 Å². The van der Waals surface area contributed by atoms with Crippen molar-refractivity contribution in [2.45, 2.75) is 4.90 Å². The Labute approximate surface area is 167 Å². The summed E-state index contributed by atoms with van der Waals surface area (Å²) in [7, 11) is -3.70. The summed E-state index contributed by atoms with van der Waals surface area (Å²) in [5, 5.41) is 0.898. The predicted molar refractivity (Wildman–Crippen MR) is 103 cm³/mol. The van der Waals surface area contributed by atoms with E-state index >= 15 is 0 Å². The Hall–Kier alpha value is -1.31. The molecule has 0 atom stereocenters. The first-order valence-corrected chi connectivity index (χ1v) is 10.4. The summed E-state index contributed by atoms with van der Waals surface area (Å²) in [5.41, 5.74) is 0.346. The Morgan fingerprint density at radius 3 is 2.15 bits per heavy atom. The summed E-state index contributed by atoms with van der Waals surface area (Å²) in [6.45, 7) is 0.901. The van der Waals surface area contributed by atoms with Gasteiger partial charge in [0, 0.05) is 31.2 Å². The minimum atomic E-state index is -3.70. The quantitative estimate of drug-likeness (QED) is 0.740. The van der Waals surface area contributed by atoms with Crippen molar-refractivity contribution in [2.24, 2.45) is 0 Å². The van der Waals surface area contributed by atoms with Crippen LogP contribution in [0.2, 0.25) is 15.1 Å². The van der Waals surface area contributed by atoms with E-state index in [2.05, 4.69) is 0 Å². The number of hydrogen-bond acceptors (Lipinski definition) is 3. The van der Waals surface area contributed by atoms with E-state index in [1.165, 1.54) is 22.5 Å². The second-order valence-electron chi connectivity index (χ2n) is 5.75. The van der Waals surface area contributed by atoms with Gasteiger partial charge in [-0.15, -0.1) is 0 Å². The monoisotopic (exact) mass is 432 g/mol. The van der Waals surface area contributed by atoms with E-state index in [1.807, 2.05) is 0 Å². The average Bonchev–Trinajstić information content (AvgIpc) is 2.61. The van der Waals surface area contributed by atoms with E-state index in [0.717, 1.165) is 0 Å². The van der Waals surface area contributed by atoms with Gasteiger partial charge in [0.25, 0.3) is 5.91 Å². The minimum Gasteiger partial charge on any atom is -0.336 e. The first-order valence-electron chi connectivity index (χ1n) is 7.80. The van der Waals surface area contributed by atoms with Crippen molar-refractivity contribution in [3.8, 4) is 0 Å². The Morgan fingerprint density at radius 2 is 1.54 bits per heavy atom. The molecule has 1 saturated heterocycles. The smallest absolute Gasteiger partial charge is 0.255 e. The highest BCUT2D eigenvalue weighted by Gasteiger charge is 2.32. The number of piperazine rings is 1. The lowest BCUT2D eigenvalue weighted by atomic mass is 10.2. The van der Waals surface area contributed by atoms with E-state index in [1.54, 1.807) is 29.2 Å². The first-order chi connectivity index (χ1) is 12.3. The van der Waals surface area contributed by atoms with Crippen molar-refractivity contribution in [3.05, 3.63) is 63.1 Å². The highest BCUT2D eigenvalue weighted by Crippen LogP contribution is 2.26. The maximum Gasteiger partial charge on any atom is 0.255 e. The van der Waals surface area contributed by atoms with E-state index in [9.17, 15) is 13.2 Å². The molecule has 2 aromatic rings. The highest BCUT2D eigenvalue weighted by molar-refractivity contribution is 7.89. The van der Waals surface area contributed by atoms with Gasteiger partial charge in [0.05, 0.1) is 15.6 Å². The molecule has 0 aliphatic carbocycles. The minimum absolute atomic E-state index is 0.0715. The van der Waals surface area contributed by atoms with Crippen LogP contribution in [0.3, 0.4) is 0 Å². The Bertz CT molecular complexity index is 942. The molecule has 0 bridgehead atoms. The molecule has 1 amide bonds. The molecular formula is C17H15Cl3N2O3S. The SMILES string of the molecule is O=C(c1ccc(Cl)cc1Cl)N1CCN(S(=O)(=O)c2ccccc2Cl)CC1. The number of benzene rings is 2. The van der Waals surface area contributed by atoms with Crippen molar-refractivity contribution >= 4 is 50.7 Å². The molecule has 0 spiro atoms. The molecule has 0 unspecified atom stereocenters. The predicted octanol–water partition coefficient (Wildman–Crippen LogP) is 3.79. The lowest BCUT2D eigenvalue weighted by Crippen LogP contribution is -2.50. The number of halogens is 3. The highest BCUT2D eigenvalue weighted by atomic mass is 35.5. The van der Waals surface area contributed by atoms with Crippen molar-refractivity contribution in [3.63, 3.8) is 0 Å². The van der Waals surface area contributed by atoms with Gasteiger partial charge in [0.2, 0.25) is 10.0 Å². The summed E-state index contributed by atoms with van der Waals surface area (Å²) in [4.78, 5) is 14.3. The van der Waals surface area contributed by atoms with Crippen LogP contribution in [0, 0.1) is 0 Å². The molecular weight excluding hydrogens is 419 g/mol. The van der Waals surface area contributed by atoms with E-state index in [0.29, 0.717) is 10.6 Å². The van der Waals surface area contributed by atoms with Gasteiger partial charge < -0.3 is 4.90 Å². The van der Waals surface area contributed by atoms with Gasteiger partial charge in [-0.2, -0.15) is 4.31 Å². The Kier molecular flexibility index (Phi) is 5.79. The van der Waals surface area contributed by atoms with Gasteiger partial charge in [-0.3, -0.25) is 4.79 Å². The maximum atomic E-state index is 12.7. The summed E-state index contributed by atoms with van der Waals surface area (Å²) in [5.74, 6) is -0.249. The topological polar surface area (TPSA) is 57.7 Å². The zero-order valence-corrected chi connectivity index (χ0v) is 16.6. The summed E-state index contributed by atoms with van der Waals surface area (Å²) < 4.78 is 26.8. The Morgan fingerprint density at radius 1 is 0.885 bits per heavy atom. The number of hydrogen-bond donors (Lipinski definition) is 0. The van der Waals surface area contributed by atoms with Crippen LogP contribution < -0.4 is 0 Å². The van der Waals surface area contributed by atoms with Gasteiger partial charge in [0.15, 0.2) is 0 Å². The zero-order chi connectivity index (χ0) is 18.9. The molecule has 1 fully saturated rings. The second-order valence-corrected chi connectivity index (χ2v) is 8.91. The fourth-order valence-electron chi connectivity index (χ4n) is 2.76. The van der Waals surface area contributed by atoms with Crippen molar-refractivity contribution in [1.29, 1.82) is 0 Å². The van der Waals surface area contributed by atoms with Crippen LogP contribution in [0.5, 0.6) is 0 Å². The van der Waals surface area contributed by atoms with Crippen LogP contribution in [0.25, 0.3) is 0 Å². The number of carbonyl (C=O) groups is 1. The van der Waals surface area contributed by atoms with Crippen molar-refractivity contribution in [2.75, 3.05) is 26.2 Å². The van der Waals surface area contributed by atoms with E-state index < -0.39 is 10.0 Å². The second kappa shape index (κ2) is 7.74. The summed E-state index contributed by atoms with van der Waals surface area (Å²) in [6, 6.07) is 11.0. The molecule has 1 aliphatic heterocycles. The molecule has 5 nitrogen and oxygen atoms in total. The van der Waals surface area contributed by atoms with Crippen LogP contribution in [0.4, 0.5) is 0 Å². The van der Waals surface area contributed by atoms with Gasteiger partial charge in [-0.25, -0.2) is 8.42 Å². The average molecular weight is 434 g/mol. The molecule has 0 saturated carbocycles. The van der Waals surface area contributed by atoms with Crippen LogP contribution in [-0.4, -0.2) is 49.7 Å². The van der Waals surface area contributed by atoms with Crippen LogP contribution in [-0.2, 0) is 10.0 Å². The molecule has 1 aliphatic rings. The molecule has 0 aromatic heterocycles. The lowest BCUT2D eigenvalue weighted by Gasteiger charge is -2.34. The lowest BCUT2D eigenvalue weighted by molar-refractivity contribution is 0.0698. The summed E-state index contributed by atoms with van der Waals surface area (Å²) in [6.07, 6.45) is 0. The molecule has 9 heteroatoms. The van der Waals surface area contributed by atoms with Gasteiger partial charge in [-0.05, 0) is 30.3 Å². The molecule has 138 valence electrons. The maximum absolute atomic E-state index is 12.7. The number of nitrogens with zero attached hydrogens (tertiary/aromatic N) is 2. The van der Waals surface area contributed by atoms with Crippen LogP contribution in [0.15, 0.2) is 47.4 Å². The van der Waals surface area contributed by atoms with Gasteiger partial charge in [-0.1, -0.05) is 46.9 Å². The molecule has 26 heavy (non-hydrogen) atoms. The molecule has 2 aromatic carbocycles. The fourth-order valence-corrected chi connectivity index (χ4v) is 5.16. The third-order valence-electron chi connectivity index (χ3n) is 4.14. The van der Waals surface area contributed by atoms with Gasteiger partial charge in [0.1, 0.15) is 4.90 Å². The summed E-state index contributed by atoms with van der Waals surface area (Å²) >= 11 is 18.0. The van der Waals surface area contributed by atoms with Gasteiger partial charge >= 0.3 is 0 Å². The fraction of sp³-hybridized carbons (Fsp3) is 0.235. The van der Waals surface area contributed by atoms with E-state index in [4.69, 9.17) is 34.8 Å². The number of sulfonamides is 1. The third kappa shape index (κ3) is 3.85. The number of rotatable bonds is 3. The van der Waals surface area contributed by atoms with Crippen LogP contribution in [0.1, 0.15) is 10.4 Å². The van der Waals surface area contributed by atoms with E-state index in [-0.39, 0.29) is 47.0 Å². The first kappa shape index (κ1) is 19.5. The third-order valence-corrected chi connectivity index (χ3v) is 7.09. The molecule has 0 N–H and O–H groups in total. The standard InChI is InChI=1S/C17H15Cl3N2O3S/c18-12-5-6-13(15(20)11-12)17(23)21-7-9-22(10-8-21)26(24,25)16-4-2-1-3-14(16)19/h1-6,11H,7-10H2. The zero-order valence-electron chi connectivity index (χ0n) is 13.5. The number of carbonyl (C=O) groups excluding carboxylic acids is 1. The normalized spacial score (nSPS) is 15.9. The molecule has 3 rings (SSSR count). The Balaban J connectivity index is 1.73. The van der Waals surface area contributed by atoms with Crippen LogP contribution >= 0.6 is 34.8 Å². The van der Waals surface area contributed by atoms with Crippen molar-refractivity contribution in [1.82, 2.24) is 9.21 Å². The molecule has 0 radical (unpaired) electrons. The largest absolute Gasteiger partial charge is 0.336 e. The number of amides is 1. The molecule has 1 heterocycles.